The fraction of sp³-hybridized carbons (Fsp3) is 0.857. The summed E-state index contributed by atoms with van der Waals surface area (Å²) in [6.07, 6.45) is 0.0587. The summed E-state index contributed by atoms with van der Waals surface area (Å²) < 4.78 is 17.5. The lowest BCUT2D eigenvalue weighted by Crippen LogP contribution is -2.25. The van der Waals surface area contributed by atoms with Gasteiger partial charge in [-0.1, -0.05) is 0 Å². The van der Waals surface area contributed by atoms with E-state index in [0.717, 1.165) is 0 Å². The number of halogens is 1. The van der Waals surface area contributed by atoms with Crippen LogP contribution in [0.5, 0.6) is 0 Å². The Labute approximate surface area is 64.2 Å². The molecular weight excluding hydrogens is 151 g/mol. The van der Waals surface area contributed by atoms with Crippen LogP contribution in [0.15, 0.2) is 0 Å². The van der Waals surface area contributed by atoms with Crippen LogP contribution in [-0.4, -0.2) is 30.5 Å². The number of aliphatic hydroxyl groups excluding tert-OH is 1. The van der Waals surface area contributed by atoms with Crippen molar-refractivity contribution in [2.24, 2.45) is 5.41 Å². The number of hydrogen-bond donors (Lipinski definition) is 1. The topological polar surface area (TPSA) is 46.5 Å². The fourth-order valence-electron chi connectivity index (χ4n) is 1.23. The van der Waals surface area contributed by atoms with Crippen molar-refractivity contribution in [1.82, 2.24) is 0 Å². The van der Waals surface area contributed by atoms with E-state index in [9.17, 15) is 9.18 Å². The van der Waals surface area contributed by atoms with Gasteiger partial charge in [-0.2, -0.15) is 0 Å². The highest BCUT2D eigenvalue weighted by molar-refractivity contribution is 5.82. The predicted octanol–water partition coefficient (Wildman–Crippen LogP) is 0.270. The Kier molecular flexibility index (Phi) is 1.67. The summed E-state index contributed by atoms with van der Waals surface area (Å²) >= 11 is 0. The van der Waals surface area contributed by atoms with Gasteiger partial charge >= 0.3 is 5.97 Å². The van der Waals surface area contributed by atoms with Crippen molar-refractivity contribution >= 4 is 5.97 Å². The maximum atomic E-state index is 13.2. The standard InChI is InChI=1S/C7H11FO3/c1-6(5(10)11-2)3-7(6,8)4-9/h9H,3-4H2,1-2H3. The van der Waals surface area contributed by atoms with Gasteiger partial charge in [0.05, 0.1) is 13.7 Å². The Morgan fingerprint density at radius 2 is 2.36 bits per heavy atom. The highest BCUT2D eigenvalue weighted by Gasteiger charge is 2.71. The zero-order chi connectivity index (χ0) is 8.70. The van der Waals surface area contributed by atoms with Gasteiger partial charge in [0.15, 0.2) is 5.67 Å². The maximum Gasteiger partial charge on any atom is 0.314 e. The van der Waals surface area contributed by atoms with E-state index in [4.69, 9.17) is 5.11 Å². The van der Waals surface area contributed by atoms with Gasteiger partial charge in [0.25, 0.3) is 0 Å². The van der Waals surface area contributed by atoms with E-state index in [1.807, 2.05) is 0 Å². The third-order valence-corrected chi connectivity index (χ3v) is 2.38. The molecular formula is C7H11FO3. The van der Waals surface area contributed by atoms with Crippen molar-refractivity contribution in [3.63, 3.8) is 0 Å². The summed E-state index contributed by atoms with van der Waals surface area (Å²) in [5.74, 6) is -0.589. The molecule has 0 heterocycles. The zero-order valence-corrected chi connectivity index (χ0v) is 6.56. The van der Waals surface area contributed by atoms with Gasteiger partial charge in [-0.15, -0.1) is 0 Å². The molecule has 1 N–H and O–H groups in total. The molecule has 3 nitrogen and oxygen atoms in total. The second kappa shape index (κ2) is 2.17. The van der Waals surface area contributed by atoms with Crippen molar-refractivity contribution < 1.29 is 19.0 Å². The quantitative estimate of drug-likeness (QED) is 0.593. The lowest BCUT2D eigenvalue weighted by molar-refractivity contribution is -0.148. The lowest BCUT2D eigenvalue weighted by atomic mass is 10.1. The summed E-state index contributed by atoms with van der Waals surface area (Å²) in [5.41, 5.74) is -2.86. The van der Waals surface area contributed by atoms with Crippen LogP contribution in [0.1, 0.15) is 13.3 Å². The molecule has 4 heteroatoms. The summed E-state index contributed by atoms with van der Waals surface area (Å²) in [5, 5.41) is 8.56. The minimum atomic E-state index is -1.75. The van der Waals surface area contributed by atoms with E-state index < -0.39 is 23.7 Å². The molecule has 64 valence electrons. The van der Waals surface area contributed by atoms with E-state index in [-0.39, 0.29) is 6.42 Å². The van der Waals surface area contributed by atoms with Gasteiger partial charge in [0, 0.05) is 6.42 Å². The van der Waals surface area contributed by atoms with Gasteiger partial charge < -0.3 is 9.84 Å². The highest BCUT2D eigenvalue weighted by Crippen LogP contribution is 2.59. The second-order valence-electron chi connectivity index (χ2n) is 3.12. The van der Waals surface area contributed by atoms with Crippen LogP contribution in [0.3, 0.4) is 0 Å². The van der Waals surface area contributed by atoms with Crippen molar-refractivity contribution in [2.75, 3.05) is 13.7 Å². The average molecular weight is 162 g/mol. The molecule has 0 spiro atoms. The third-order valence-electron chi connectivity index (χ3n) is 2.38. The molecule has 0 aromatic carbocycles. The van der Waals surface area contributed by atoms with Crippen LogP contribution in [0.25, 0.3) is 0 Å². The van der Waals surface area contributed by atoms with E-state index in [0.29, 0.717) is 0 Å². The molecule has 1 fully saturated rings. The minimum absolute atomic E-state index is 0.0587. The number of alkyl halides is 1. The average Bonchev–Trinajstić information content (AvgIpc) is 2.56. The van der Waals surface area contributed by atoms with E-state index in [2.05, 4.69) is 4.74 Å². The number of carbonyl (C=O) groups excluding carboxylic acids is 1. The minimum Gasteiger partial charge on any atom is -0.469 e. The maximum absolute atomic E-state index is 13.2. The molecule has 1 aliphatic rings. The van der Waals surface area contributed by atoms with Crippen molar-refractivity contribution in [2.45, 2.75) is 19.0 Å². The van der Waals surface area contributed by atoms with Crippen molar-refractivity contribution in [3.8, 4) is 0 Å². The molecule has 0 radical (unpaired) electrons. The number of hydrogen-bond acceptors (Lipinski definition) is 3. The summed E-state index contributed by atoms with van der Waals surface area (Å²) in [4.78, 5) is 10.9. The Hall–Kier alpha value is -0.640. The smallest absolute Gasteiger partial charge is 0.314 e. The van der Waals surface area contributed by atoms with Gasteiger partial charge in [-0.05, 0) is 6.92 Å². The first-order valence-corrected chi connectivity index (χ1v) is 3.38. The normalized spacial score (nSPS) is 41.8. The molecule has 1 aliphatic carbocycles. The molecule has 0 aromatic rings. The molecule has 0 aliphatic heterocycles. The molecule has 11 heavy (non-hydrogen) atoms. The summed E-state index contributed by atoms with van der Waals surface area (Å²) in [6.45, 7) is 0.841. The second-order valence-corrected chi connectivity index (χ2v) is 3.12. The molecule has 2 unspecified atom stereocenters. The molecule has 0 bridgehead atoms. The van der Waals surface area contributed by atoms with Gasteiger partial charge in [-0.25, -0.2) is 4.39 Å². The molecule has 0 aromatic heterocycles. The van der Waals surface area contributed by atoms with Gasteiger partial charge in [0.1, 0.15) is 5.41 Å². The molecule has 0 saturated heterocycles. The van der Waals surface area contributed by atoms with E-state index in [1.54, 1.807) is 0 Å². The Balaban J connectivity index is 2.69. The first kappa shape index (κ1) is 8.46. The highest BCUT2D eigenvalue weighted by atomic mass is 19.1. The van der Waals surface area contributed by atoms with Crippen LogP contribution in [0, 0.1) is 5.41 Å². The van der Waals surface area contributed by atoms with Crippen LogP contribution in [0.4, 0.5) is 4.39 Å². The first-order valence-electron chi connectivity index (χ1n) is 3.38. The van der Waals surface area contributed by atoms with Crippen LogP contribution >= 0.6 is 0 Å². The summed E-state index contributed by atoms with van der Waals surface area (Å²) in [7, 11) is 1.21. The number of aliphatic hydroxyl groups is 1. The van der Waals surface area contributed by atoms with E-state index >= 15 is 0 Å². The number of carbonyl (C=O) groups is 1. The lowest BCUT2D eigenvalue weighted by Gasteiger charge is -2.09. The van der Waals surface area contributed by atoms with Gasteiger partial charge in [-0.3, -0.25) is 4.79 Å². The summed E-state index contributed by atoms with van der Waals surface area (Å²) in [6, 6.07) is 0. The molecule has 1 rings (SSSR count). The Morgan fingerprint density at radius 3 is 2.64 bits per heavy atom. The number of methoxy groups -OCH3 is 1. The van der Waals surface area contributed by atoms with Crippen molar-refractivity contribution in [1.29, 1.82) is 0 Å². The zero-order valence-electron chi connectivity index (χ0n) is 6.56. The molecule has 2 atom stereocenters. The number of ether oxygens (including phenoxy) is 1. The predicted molar refractivity (Wildman–Crippen MR) is 35.7 cm³/mol. The van der Waals surface area contributed by atoms with E-state index in [1.165, 1.54) is 14.0 Å². The monoisotopic (exact) mass is 162 g/mol. The fourth-order valence-corrected chi connectivity index (χ4v) is 1.23. The SMILES string of the molecule is COC(=O)C1(C)CC1(F)CO. The van der Waals surface area contributed by atoms with Crippen LogP contribution in [0.2, 0.25) is 0 Å². The molecule has 0 amide bonds. The van der Waals surface area contributed by atoms with Crippen molar-refractivity contribution in [3.05, 3.63) is 0 Å². The Morgan fingerprint density at radius 1 is 1.82 bits per heavy atom. The van der Waals surface area contributed by atoms with Gasteiger partial charge in [0.2, 0.25) is 0 Å². The number of esters is 1. The van der Waals surface area contributed by atoms with Crippen LogP contribution < -0.4 is 0 Å². The third kappa shape index (κ3) is 0.929. The first-order chi connectivity index (χ1) is 5.00. The van der Waals surface area contributed by atoms with Crippen LogP contribution in [-0.2, 0) is 9.53 Å². The number of rotatable bonds is 2. The Bertz CT molecular complexity index is 194. The largest absolute Gasteiger partial charge is 0.469 e. The molecule has 1 saturated carbocycles.